The lowest BCUT2D eigenvalue weighted by Gasteiger charge is -2.36. The molecule has 0 aromatic rings. The van der Waals surface area contributed by atoms with Gasteiger partial charge in [0.1, 0.15) is 0 Å². The molecule has 0 bridgehead atoms. The van der Waals surface area contributed by atoms with E-state index in [1.807, 2.05) is 16.7 Å². The normalized spacial score (nSPS) is 27.6. The van der Waals surface area contributed by atoms with E-state index in [1.54, 1.807) is 0 Å². The predicted octanol–water partition coefficient (Wildman–Crippen LogP) is 2.03. The van der Waals surface area contributed by atoms with Crippen LogP contribution in [0.5, 0.6) is 0 Å². The Morgan fingerprint density at radius 2 is 2.04 bits per heavy atom. The summed E-state index contributed by atoms with van der Waals surface area (Å²) in [5.41, 5.74) is 6.00. The molecule has 2 rings (SSSR count). The highest BCUT2D eigenvalue weighted by Gasteiger charge is 2.39. The van der Waals surface area contributed by atoms with Crippen molar-refractivity contribution in [2.45, 2.75) is 65.0 Å². The molecule has 0 aromatic heterocycles. The Morgan fingerprint density at radius 1 is 1.35 bits per heavy atom. The first-order valence-electron chi connectivity index (χ1n) is 8.77. The van der Waals surface area contributed by atoms with Crippen molar-refractivity contribution in [3.05, 3.63) is 0 Å². The zero-order valence-electron chi connectivity index (χ0n) is 14.7. The van der Waals surface area contributed by atoms with Gasteiger partial charge < -0.3 is 15.5 Å². The second kappa shape index (κ2) is 8.88. The van der Waals surface area contributed by atoms with Crippen LogP contribution in [0.3, 0.4) is 0 Å². The van der Waals surface area contributed by atoms with Crippen molar-refractivity contribution in [2.24, 2.45) is 17.6 Å². The molecule has 4 unspecified atom stereocenters. The average Bonchev–Trinajstić information content (AvgIpc) is 2.89. The van der Waals surface area contributed by atoms with Crippen molar-refractivity contribution in [3.8, 4) is 0 Å². The third-order valence-corrected chi connectivity index (χ3v) is 5.26. The second-order valence-corrected chi connectivity index (χ2v) is 7.13. The van der Waals surface area contributed by atoms with E-state index in [4.69, 9.17) is 5.73 Å². The quantitative estimate of drug-likeness (QED) is 0.829. The van der Waals surface area contributed by atoms with Crippen molar-refractivity contribution >= 4 is 24.2 Å². The number of halogens is 1. The van der Waals surface area contributed by atoms with E-state index in [-0.39, 0.29) is 42.2 Å². The molecule has 4 atom stereocenters. The molecule has 2 aliphatic rings. The van der Waals surface area contributed by atoms with E-state index in [1.165, 1.54) is 0 Å². The number of hydrogen-bond acceptors (Lipinski definition) is 3. The number of nitrogens with two attached hydrogens (primary N) is 1. The van der Waals surface area contributed by atoms with Gasteiger partial charge in [-0.1, -0.05) is 13.3 Å². The topological polar surface area (TPSA) is 66.6 Å². The highest BCUT2D eigenvalue weighted by molar-refractivity contribution is 5.89. The molecule has 2 saturated heterocycles. The molecule has 2 amide bonds. The molecule has 0 aliphatic carbocycles. The predicted molar refractivity (Wildman–Crippen MR) is 94.4 cm³/mol. The summed E-state index contributed by atoms with van der Waals surface area (Å²) in [6.45, 7) is 8.40. The molecule has 0 spiro atoms. The van der Waals surface area contributed by atoms with Crippen LogP contribution in [0.2, 0.25) is 0 Å². The van der Waals surface area contributed by atoms with Crippen LogP contribution < -0.4 is 5.73 Å². The number of carbonyl (C=O) groups is 2. The maximum Gasteiger partial charge on any atom is 0.228 e. The minimum atomic E-state index is -0.154. The molecule has 23 heavy (non-hydrogen) atoms. The number of hydrogen-bond donors (Lipinski definition) is 1. The van der Waals surface area contributed by atoms with Crippen molar-refractivity contribution in [1.82, 2.24) is 9.80 Å². The van der Waals surface area contributed by atoms with Gasteiger partial charge in [-0.15, -0.1) is 12.4 Å². The zero-order chi connectivity index (χ0) is 16.3. The molecular formula is C17H32ClN3O2. The van der Waals surface area contributed by atoms with E-state index in [0.717, 1.165) is 38.8 Å². The minimum Gasteiger partial charge on any atom is -0.342 e. The van der Waals surface area contributed by atoms with E-state index >= 15 is 0 Å². The summed E-state index contributed by atoms with van der Waals surface area (Å²) in [6, 6.07) is 0.371. The lowest BCUT2D eigenvalue weighted by Crippen LogP contribution is -2.47. The lowest BCUT2D eigenvalue weighted by molar-refractivity contribution is -0.137. The number of rotatable bonds is 5. The molecule has 134 valence electrons. The summed E-state index contributed by atoms with van der Waals surface area (Å²) < 4.78 is 0. The maximum absolute atomic E-state index is 12.7. The Hall–Kier alpha value is -0.810. The fourth-order valence-corrected chi connectivity index (χ4v) is 3.79. The van der Waals surface area contributed by atoms with Gasteiger partial charge in [-0.3, -0.25) is 9.59 Å². The monoisotopic (exact) mass is 345 g/mol. The van der Waals surface area contributed by atoms with Crippen LogP contribution >= 0.6 is 12.4 Å². The summed E-state index contributed by atoms with van der Waals surface area (Å²) >= 11 is 0. The first-order chi connectivity index (χ1) is 10.4. The third-order valence-electron chi connectivity index (χ3n) is 5.26. The number of amides is 2. The Morgan fingerprint density at radius 3 is 2.65 bits per heavy atom. The fraction of sp³-hybridized carbons (Fsp3) is 0.882. The van der Waals surface area contributed by atoms with Crippen LogP contribution in [-0.2, 0) is 9.59 Å². The van der Waals surface area contributed by atoms with Crippen molar-refractivity contribution in [1.29, 1.82) is 0 Å². The molecule has 0 aromatic carbocycles. The molecule has 2 N–H and O–H groups in total. The molecule has 2 heterocycles. The van der Waals surface area contributed by atoms with Gasteiger partial charge in [-0.25, -0.2) is 0 Å². The zero-order valence-corrected chi connectivity index (χ0v) is 15.5. The van der Waals surface area contributed by atoms with Crippen molar-refractivity contribution < 1.29 is 9.59 Å². The first kappa shape index (κ1) is 20.2. The van der Waals surface area contributed by atoms with Crippen LogP contribution in [0.15, 0.2) is 0 Å². The van der Waals surface area contributed by atoms with Gasteiger partial charge in [0.05, 0.1) is 5.92 Å². The first-order valence-corrected chi connectivity index (χ1v) is 8.77. The van der Waals surface area contributed by atoms with Gasteiger partial charge in [0.2, 0.25) is 11.8 Å². The van der Waals surface area contributed by atoms with Gasteiger partial charge in [0, 0.05) is 38.1 Å². The van der Waals surface area contributed by atoms with Crippen LogP contribution in [0.25, 0.3) is 0 Å². The highest BCUT2D eigenvalue weighted by Crippen LogP contribution is 2.26. The van der Waals surface area contributed by atoms with Gasteiger partial charge >= 0.3 is 0 Å². The Kier molecular flexibility index (Phi) is 7.81. The largest absolute Gasteiger partial charge is 0.342 e. The fourth-order valence-electron chi connectivity index (χ4n) is 3.79. The standard InChI is InChI=1S/C17H31N3O2.ClH/c1-4-6-12(2)20-11-15(9-16(20)21)17(22)19-8-5-7-14(10-19)13(3)18;/h12-15H,4-11,18H2,1-3H3;1H. The average molecular weight is 346 g/mol. The number of nitrogens with zero attached hydrogens (tertiary/aromatic N) is 2. The number of likely N-dealkylation sites (tertiary alicyclic amines) is 2. The smallest absolute Gasteiger partial charge is 0.228 e. The van der Waals surface area contributed by atoms with Crippen LogP contribution in [0.1, 0.15) is 52.9 Å². The summed E-state index contributed by atoms with van der Waals surface area (Å²) in [4.78, 5) is 28.8. The van der Waals surface area contributed by atoms with E-state index < -0.39 is 0 Å². The van der Waals surface area contributed by atoms with Gasteiger partial charge in [-0.05, 0) is 39.0 Å². The molecule has 5 nitrogen and oxygen atoms in total. The summed E-state index contributed by atoms with van der Waals surface area (Å²) in [5, 5.41) is 0. The van der Waals surface area contributed by atoms with Crippen molar-refractivity contribution in [2.75, 3.05) is 19.6 Å². The summed E-state index contributed by atoms with van der Waals surface area (Å²) in [7, 11) is 0. The van der Waals surface area contributed by atoms with Gasteiger partial charge in [0.15, 0.2) is 0 Å². The molecular weight excluding hydrogens is 314 g/mol. The SMILES string of the molecule is CCCC(C)N1CC(C(=O)N2CCCC(C(C)N)C2)CC1=O.Cl. The maximum atomic E-state index is 12.7. The van der Waals surface area contributed by atoms with E-state index in [0.29, 0.717) is 18.9 Å². The second-order valence-electron chi connectivity index (χ2n) is 7.13. The van der Waals surface area contributed by atoms with Crippen LogP contribution in [-0.4, -0.2) is 53.3 Å². The van der Waals surface area contributed by atoms with E-state index in [2.05, 4.69) is 13.8 Å². The molecule has 6 heteroatoms. The number of carbonyl (C=O) groups excluding carboxylic acids is 2. The molecule has 0 radical (unpaired) electrons. The molecule has 0 saturated carbocycles. The Balaban J connectivity index is 0.00000264. The lowest BCUT2D eigenvalue weighted by atomic mass is 9.91. The van der Waals surface area contributed by atoms with Crippen LogP contribution in [0.4, 0.5) is 0 Å². The summed E-state index contributed by atoms with van der Waals surface area (Å²) in [5.74, 6) is 0.536. The molecule has 2 fully saturated rings. The summed E-state index contributed by atoms with van der Waals surface area (Å²) in [6.07, 6.45) is 4.57. The minimum absolute atomic E-state index is 0. The van der Waals surface area contributed by atoms with Crippen molar-refractivity contribution in [3.63, 3.8) is 0 Å². The van der Waals surface area contributed by atoms with Crippen LogP contribution in [0, 0.1) is 11.8 Å². The Labute approximate surface area is 146 Å². The number of piperidine rings is 1. The highest BCUT2D eigenvalue weighted by atomic mass is 35.5. The third kappa shape index (κ3) is 4.83. The van der Waals surface area contributed by atoms with E-state index in [9.17, 15) is 9.59 Å². The van der Waals surface area contributed by atoms with Gasteiger partial charge in [0.25, 0.3) is 0 Å². The van der Waals surface area contributed by atoms with Gasteiger partial charge in [-0.2, -0.15) is 0 Å². The Bertz CT molecular complexity index is 417. The molecule has 2 aliphatic heterocycles.